The van der Waals surface area contributed by atoms with Gasteiger partial charge in [-0.2, -0.15) is 0 Å². The predicted molar refractivity (Wildman–Crippen MR) is 109 cm³/mol. The molecule has 5 nitrogen and oxygen atoms in total. The van der Waals surface area contributed by atoms with Gasteiger partial charge in [0, 0.05) is 24.4 Å². The fourth-order valence-corrected chi connectivity index (χ4v) is 4.03. The first-order chi connectivity index (χ1) is 13.5. The summed E-state index contributed by atoms with van der Waals surface area (Å²) in [6.45, 7) is 3.38. The number of hydrogen-bond donors (Lipinski definition) is 1. The minimum Gasteiger partial charge on any atom is -0.382 e. The Balaban J connectivity index is 1.59. The molecule has 0 aliphatic carbocycles. The number of fused-ring (bicyclic) bond motifs is 3. The molecule has 3 heterocycles. The average molecular weight is 370 g/mol. The number of aliphatic hydroxyl groups is 1. The maximum atomic E-state index is 10.1. The molecule has 0 radical (unpaired) electrons. The molecule has 5 rings (SSSR count). The van der Waals surface area contributed by atoms with Gasteiger partial charge in [0.2, 0.25) is 0 Å². The lowest BCUT2D eigenvalue weighted by molar-refractivity contribution is 0.0687. The molecule has 0 bridgehead atoms. The van der Waals surface area contributed by atoms with Crippen LogP contribution in [-0.4, -0.2) is 24.6 Å². The fourth-order valence-electron chi connectivity index (χ4n) is 4.03. The van der Waals surface area contributed by atoms with E-state index in [1.165, 1.54) is 5.56 Å². The van der Waals surface area contributed by atoms with Gasteiger partial charge in [-0.1, -0.05) is 36.4 Å². The highest BCUT2D eigenvalue weighted by atomic mass is 16.3. The van der Waals surface area contributed by atoms with Gasteiger partial charge < -0.3 is 9.67 Å². The van der Waals surface area contributed by atoms with Crippen molar-refractivity contribution in [2.24, 2.45) is 0 Å². The number of aryl methyl sites for hydroxylation is 1. The zero-order valence-corrected chi connectivity index (χ0v) is 16.0. The fraction of sp³-hybridized carbons (Fsp3) is 0.261. The lowest BCUT2D eigenvalue weighted by atomic mass is 10.0. The van der Waals surface area contributed by atoms with Crippen LogP contribution in [0.15, 0.2) is 60.9 Å². The molecule has 140 valence electrons. The van der Waals surface area contributed by atoms with Crippen molar-refractivity contribution in [3.63, 3.8) is 0 Å². The van der Waals surface area contributed by atoms with Crippen LogP contribution < -0.4 is 0 Å². The highest BCUT2D eigenvalue weighted by Crippen LogP contribution is 2.36. The van der Waals surface area contributed by atoms with Crippen molar-refractivity contribution >= 4 is 11.0 Å². The van der Waals surface area contributed by atoms with Crippen LogP contribution >= 0.6 is 0 Å². The summed E-state index contributed by atoms with van der Waals surface area (Å²) in [7, 11) is 0. The topological polar surface area (TPSA) is 63.8 Å². The van der Waals surface area contributed by atoms with Gasteiger partial charge in [-0.25, -0.2) is 15.0 Å². The van der Waals surface area contributed by atoms with Crippen molar-refractivity contribution in [2.75, 3.05) is 0 Å². The molecule has 1 N–H and O–H groups in total. The molecule has 2 aromatic heterocycles. The summed E-state index contributed by atoms with van der Waals surface area (Å²) in [5.74, 6) is 1.57. The lowest BCUT2D eigenvalue weighted by Crippen LogP contribution is -2.19. The normalized spacial score (nSPS) is 16.5. The summed E-state index contributed by atoms with van der Waals surface area (Å²) in [6, 6.07) is 17.3. The van der Waals surface area contributed by atoms with Gasteiger partial charge in [0.1, 0.15) is 11.4 Å². The maximum Gasteiger partial charge on any atom is 0.159 e. The van der Waals surface area contributed by atoms with Gasteiger partial charge in [0.05, 0.1) is 17.1 Å². The highest BCUT2D eigenvalue weighted by molar-refractivity contribution is 5.83. The molecular formula is C23H22N4O. The van der Waals surface area contributed by atoms with Crippen LogP contribution in [0.4, 0.5) is 0 Å². The summed E-state index contributed by atoms with van der Waals surface area (Å²) < 4.78 is 2.38. The molecule has 0 saturated carbocycles. The van der Waals surface area contributed by atoms with Gasteiger partial charge in [-0.05, 0) is 43.5 Å². The van der Waals surface area contributed by atoms with Crippen LogP contribution in [0.2, 0.25) is 0 Å². The van der Waals surface area contributed by atoms with Crippen molar-refractivity contribution in [3.05, 3.63) is 78.1 Å². The Kier molecular flexibility index (Phi) is 3.81. The second-order valence-electron chi connectivity index (χ2n) is 7.92. The lowest BCUT2D eigenvalue weighted by Gasteiger charge is -2.16. The third-order valence-electron chi connectivity index (χ3n) is 5.43. The third kappa shape index (κ3) is 2.79. The van der Waals surface area contributed by atoms with Crippen molar-refractivity contribution in [1.82, 2.24) is 19.5 Å². The SMILES string of the molecule is CC(C)(O)c1ncc(-c2ccc3nc4n(c3c2)[C@H](c2ccccc2)CC4)cn1. The van der Waals surface area contributed by atoms with E-state index in [9.17, 15) is 5.11 Å². The zero-order chi connectivity index (χ0) is 19.3. The van der Waals surface area contributed by atoms with E-state index in [1.807, 2.05) is 0 Å². The van der Waals surface area contributed by atoms with E-state index >= 15 is 0 Å². The van der Waals surface area contributed by atoms with Crippen molar-refractivity contribution < 1.29 is 5.11 Å². The number of benzene rings is 2. The quantitative estimate of drug-likeness (QED) is 0.585. The standard InChI is InChI=1S/C23H22N4O/c1-23(2,28)22-24-13-17(14-25-22)16-8-9-18-20(12-16)27-19(10-11-21(27)26-18)15-6-4-3-5-7-15/h3-9,12-14,19,28H,10-11H2,1-2H3/t19-/m0/s1. The monoisotopic (exact) mass is 370 g/mol. The molecule has 0 saturated heterocycles. The molecule has 2 aromatic carbocycles. The molecule has 0 unspecified atom stereocenters. The Labute approximate surface area is 163 Å². The Hall–Kier alpha value is -3.05. The largest absolute Gasteiger partial charge is 0.382 e. The number of imidazole rings is 1. The summed E-state index contributed by atoms with van der Waals surface area (Å²) in [5.41, 5.74) is 4.43. The van der Waals surface area contributed by atoms with Crippen LogP contribution in [0, 0.1) is 0 Å². The smallest absolute Gasteiger partial charge is 0.159 e. The van der Waals surface area contributed by atoms with Crippen LogP contribution in [0.25, 0.3) is 22.2 Å². The molecule has 0 spiro atoms. The Morgan fingerprint density at radius 1 is 1.00 bits per heavy atom. The number of aromatic nitrogens is 4. The van der Waals surface area contributed by atoms with Gasteiger partial charge in [0.25, 0.3) is 0 Å². The zero-order valence-electron chi connectivity index (χ0n) is 16.0. The van der Waals surface area contributed by atoms with Crippen LogP contribution in [-0.2, 0) is 12.0 Å². The van der Waals surface area contributed by atoms with Crippen LogP contribution in [0.1, 0.15) is 43.5 Å². The average Bonchev–Trinajstić information content (AvgIpc) is 3.27. The van der Waals surface area contributed by atoms with Gasteiger partial charge >= 0.3 is 0 Å². The summed E-state index contributed by atoms with van der Waals surface area (Å²) in [5, 5.41) is 10.1. The van der Waals surface area contributed by atoms with E-state index in [-0.39, 0.29) is 0 Å². The first kappa shape index (κ1) is 17.1. The number of hydrogen-bond acceptors (Lipinski definition) is 4. The summed E-state index contributed by atoms with van der Waals surface area (Å²) in [4.78, 5) is 13.5. The second kappa shape index (κ2) is 6.24. The van der Waals surface area contributed by atoms with E-state index in [0.29, 0.717) is 11.9 Å². The minimum absolute atomic E-state index is 0.324. The number of rotatable bonds is 3. The van der Waals surface area contributed by atoms with Crippen molar-refractivity contribution in [2.45, 2.75) is 38.3 Å². The Morgan fingerprint density at radius 2 is 1.75 bits per heavy atom. The molecule has 4 aromatic rings. The first-order valence-corrected chi connectivity index (χ1v) is 9.62. The summed E-state index contributed by atoms with van der Waals surface area (Å²) in [6.07, 6.45) is 5.62. The van der Waals surface area contributed by atoms with E-state index in [1.54, 1.807) is 26.2 Å². The van der Waals surface area contributed by atoms with Crippen LogP contribution in [0.5, 0.6) is 0 Å². The molecule has 0 fully saturated rings. The van der Waals surface area contributed by atoms with Gasteiger partial charge in [0.15, 0.2) is 5.82 Å². The van der Waals surface area contributed by atoms with Crippen molar-refractivity contribution in [3.8, 4) is 11.1 Å². The first-order valence-electron chi connectivity index (χ1n) is 9.62. The molecule has 5 heteroatoms. The summed E-state index contributed by atoms with van der Waals surface area (Å²) >= 11 is 0. The predicted octanol–water partition coefficient (Wildman–Crippen LogP) is 4.26. The Bertz CT molecular complexity index is 1140. The van der Waals surface area contributed by atoms with E-state index in [2.05, 4.69) is 63.1 Å². The number of nitrogens with zero attached hydrogens (tertiary/aromatic N) is 4. The minimum atomic E-state index is -1.04. The van der Waals surface area contributed by atoms with E-state index < -0.39 is 5.60 Å². The Morgan fingerprint density at radius 3 is 2.46 bits per heavy atom. The molecule has 0 amide bonds. The second-order valence-corrected chi connectivity index (χ2v) is 7.92. The van der Waals surface area contributed by atoms with Gasteiger partial charge in [-0.3, -0.25) is 0 Å². The molecule has 1 atom stereocenters. The maximum absolute atomic E-state index is 10.1. The van der Waals surface area contributed by atoms with Crippen LogP contribution in [0.3, 0.4) is 0 Å². The molecule has 1 aliphatic heterocycles. The van der Waals surface area contributed by atoms with E-state index in [0.717, 1.165) is 40.8 Å². The van der Waals surface area contributed by atoms with Gasteiger partial charge in [-0.15, -0.1) is 0 Å². The van der Waals surface area contributed by atoms with E-state index in [4.69, 9.17) is 4.98 Å². The highest BCUT2D eigenvalue weighted by Gasteiger charge is 2.27. The molecule has 1 aliphatic rings. The molecule has 28 heavy (non-hydrogen) atoms. The molecular weight excluding hydrogens is 348 g/mol. The third-order valence-corrected chi connectivity index (χ3v) is 5.43. The van der Waals surface area contributed by atoms with Crippen molar-refractivity contribution in [1.29, 1.82) is 0 Å².